The molecule has 0 unspecified atom stereocenters. The maximum absolute atomic E-state index is 12.4. The van der Waals surface area contributed by atoms with Crippen molar-refractivity contribution in [1.82, 2.24) is 0 Å². The van der Waals surface area contributed by atoms with E-state index in [1.54, 1.807) is 0 Å². The zero-order valence-corrected chi connectivity index (χ0v) is 10.9. The van der Waals surface area contributed by atoms with Gasteiger partial charge >= 0.3 is 0 Å². The molecule has 3 rings (SSSR count). The normalized spacial score (nSPS) is 25.0. The van der Waals surface area contributed by atoms with E-state index in [1.807, 2.05) is 60.7 Å². The van der Waals surface area contributed by atoms with Crippen molar-refractivity contribution in [3.63, 3.8) is 0 Å². The van der Waals surface area contributed by atoms with Gasteiger partial charge in [0, 0.05) is 5.56 Å². The summed E-state index contributed by atoms with van der Waals surface area (Å²) in [5, 5.41) is 0. The molecule has 1 fully saturated rings. The highest BCUT2D eigenvalue weighted by Crippen LogP contribution is 2.50. The van der Waals surface area contributed by atoms with E-state index in [9.17, 15) is 4.79 Å². The molecule has 1 heterocycles. The van der Waals surface area contributed by atoms with Crippen LogP contribution in [0.4, 0.5) is 0 Å². The summed E-state index contributed by atoms with van der Waals surface area (Å²) in [6, 6.07) is 19.4. The first-order valence-corrected chi connectivity index (χ1v) is 6.60. The first-order chi connectivity index (χ1) is 9.28. The van der Waals surface area contributed by atoms with Gasteiger partial charge in [-0.3, -0.25) is 4.79 Å². The van der Waals surface area contributed by atoms with E-state index >= 15 is 0 Å². The molecule has 2 aromatic carbocycles. The number of carbonyl (C=O) groups is 1. The molecule has 0 N–H and O–H groups in total. The lowest BCUT2D eigenvalue weighted by molar-refractivity contribution is 0.0953. The minimum absolute atomic E-state index is 0.0753. The topological polar surface area (TPSA) is 29.6 Å². The molecule has 0 bridgehead atoms. The van der Waals surface area contributed by atoms with E-state index < -0.39 is 5.60 Å². The average molecular weight is 252 g/mol. The van der Waals surface area contributed by atoms with E-state index in [4.69, 9.17) is 4.74 Å². The largest absolute Gasteiger partial charge is 0.352 e. The standard InChI is InChI=1S/C17H16O2/c1-2-17(14-11-7-4-8-12-14)16(19-17)15(18)13-9-5-3-6-10-13/h3-12,16H,2H2,1H3/t16-,17-/m1/s1. The van der Waals surface area contributed by atoms with E-state index in [2.05, 4.69) is 6.92 Å². The molecule has 1 aliphatic rings. The molecule has 2 aromatic rings. The van der Waals surface area contributed by atoms with Gasteiger partial charge in [0.15, 0.2) is 11.9 Å². The minimum atomic E-state index is -0.422. The molecular weight excluding hydrogens is 236 g/mol. The minimum Gasteiger partial charge on any atom is -0.352 e. The van der Waals surface area contributed by atoms with Crippen molar-refractivity contribution in [3.05, 3.63) is 71.8 Å². The first-order valence-electron chi connectivity index (χ1n) is 6.60. The number of benzene rings is 2. The summed E-state index contributed by atoms with van der Waals surface area (Å²) in [5.41, 5.74) is 1.39. The zero-order valence-electron chi connectivity index (χ0n) is 10.9. The van der Waals surface area contributed by atoms with Gasteiger partial charge < -0.3 is 4.74 Å². The summed E-state index contributed by atoms with van der Waals surface area (Å²) in [6.45, 7) is 2.06. The first kappa shape index (κ1) is 12.1. The van der Waals surface area contributed by atoms with Crippen molar-refractivity contribution in [3.8, 4) is 0 Å². The van der Waals surface area contributed by atoms with Crippen LogP contribution in [-0.4, -0.2) is 11.9 Å². The molecule has 2 heteroatoms. The number of rotatable bonds is 4. The summed E-state index contributed by atoms with van der Waals surface area (Å²) in [6.07, 6.45) is 0.461. The predicted octanol–water partition coefficient (Wildman–Crippen LogP) is 3.57. The lowest BCUT2D eigenvalue weighted by atomic mass is 9.89. The molecule has 0 saturated carbocycles. The van der Waals surface area contributed by atoms with E-state index in [1.165, 1.54) is 0 Å². The van der Waals surface area contributed by atoms with Gasteiger partial charge in [0.1, 0.15) is 5.60 Å². The highest BCUT2D eigenvalue weighted by molar-refractivity contribution is 6.02. The van der Waals surface area contributed by atoms with Gasteiger partial charge in [-0.25, -0.2) is 0 Å². The van der Waals surface area contributed by atoms with Gasteiger partial charge in [-0.1, -0.05) is 67.6 Å². The van der Waals surface area contributed by atoms with Crippen LogP contribution in [0.25, 0.3) is 0 Å². The van der Waals surface area contributed by atoms with Crippen LogP contribution >= 0.6 is 0 Å². The molecule has 0 radical (unpaired) electrons. The smallest absolute Gasteiger partial charge is 0.194 e. The average Bonchev–Trinajstić information content (AvgIpc) is 3.24. The van der Waals surface area contributed by atoms with Crippen molar-refractivity contribution < 1.29 is 9.53 Å². The Morgan fingerprint density at radius 3 is 2.21 bits per heavy atom. The molecule has 0 aliphatic carbocycles. The molecule has 1 saturated heterocycles. The Balaban J connectivity index is 1.88. The van der Waals surface area contributed by atoms with Gasteiger partial charge in [0.05, 0.1) is 0 Å². The van der Waals surface area contributed by atoms with Gasteiger partial charge in [0.25, 0.3) is 0 Å². The summed E-state index contributed by atoms with van der Waals surface area (Å²) in [7, 11) is 0. The van der Waals surface area contributed by atoms with Crippen molar-refractivity contribution >= 4 is 5.78 Å². The molecule has 0 amide bonds. The van der Waals surface area contributed by atoms with Crippen LogP contribution in [0.1, 0.15) is 29.3 Å². The Labute approximate surface area is 113 Å². The van der Waals surface area contributed by atoms with Gasteiger partial charge in [-0.05, 0) is 12.0 Å². The number of hydrogen-bond acceptors (Lipinski definition) is 2. The third-order valence-electron chi connectivity index (χ3n) is 3.78. The quantitative estimate of drug-likeness (QED) is 0.615. The number of carbonyl (C=O) groups excluding carboxylic acids is 1. The van der Waals surface area contributed by atoms with Crippen LogP contribution in [0.3, 0.4) is 0 Å². The van der Waals surface area contributed by atoms with Crippen LogP contribution in [0, 0.1) is 0 Å². The maximum atomic E-state index is 12.4. The fraction of sp³-hybridized carbons (Fsp3) is 0.235. The van der Waals surface area contributed by atoms with E-state index in [0.29, 0.717) is 0 Å². The Bertz CT molecular complexity index is 577. The van der Waals surface area contributed by atoms with Crippen LogP contribution in [0.15, 0.2) is 60.7 Å². The third-order valence-corrected chi connectivity index (χ3v) is 3.78. The Morgan fingerprint density at radius 2 is 1.63 bits per heavy atom. The van der Waals surface area contributed by atoms with Crippen molar-refractivity contribution in [2.75, 3.05) is 0 Å². The highest BCUT2D eigenvalue weighted by atomic mass is 16.6. The number of epoxide rings is 1. The summed E-state index contributed by atoms with van der Waals surface area (Å²) in [4.78, 5) is 12.4. The second kappa shape index (κ2) is 4.63. The van der Waals surface area contributed by atoms with Crippen molar-refractivity contribution in [2.24, 2.45) is 0 Å². The monoisotopic (exact) mass is 252 g/mol. The maximum Gasteiger partial charge on any atom is 0.194 e. The molecule has 19 heavy (non-hydrogen) atoms. The van der Waals surface area contributed by atoms with E-state index in [0.717, 1.165) is 17.5 Å². The van der Waals surface area contributed by atoms with Gasteiger partial charge in [-0.2, -0.15) is 0 Å². The Hall–Kier alpha value is -1.93. The SMILES string of the molecule is CC[C@]1(c2ccccc2)O[C@@H]1C(=O)c1ccccc1. The van der Waals surface area contributed by atoms with Crippen LogP contribution in [-0.2, 0) is 10.3 Å². The Morgan fingerprint density at radius 1 is 1.05 bits per heavy atom. The zero-order chi connectivity index (χ0) is 13.3. The summed E-state index contributed by atoms with van der Waals surface area (Å²) < 4.78 is 5.81. The lowest BCUT2D eigenvalue weighted by Crippen LogP contribution is -2.18. The predicted molar refractivity (Wildman–Crippen MR) is 74.1 cm³/mol. The van der Waals surface area contributed by atoms with Gasteiger partial charge in [-0.15, -0.1) is 0 Å². The third kappa shape index (κ3) is 1.98. The van der Waals surface area contributed by atoms with Crippen LogP contribution in [0.5, 0.6) is 0 Å². The number of Topliss-reactive ketones (excluding diaryl/α,β-unsaturated/α-hetero) is 1. The molecule has 2 atom stereocenters. The number of ketones is 1. The van der Waals surface area contributed by atoms with E-state index in [-0.39, 0.29) is 11.9 Å². The molecule has 0 spiro atoms. The lowest BCUT2D eigenvalue weighted by Gasteiger charge is -2.10. The summed E-state index contributed by atoms with van der Waals surface area (Å²) >= 11 is 0. The number of hydrogen-bond donors (Lipinski definition) is 0. The molecule has 96 valence electrons. The fourth-order valence-electron chi connectivity index (χ4n) is 2.61. The Kier molecular flexibility index (Phi) is 2.96. The molecule has 1 aliphatic heterocycles. The van der Waals surface area contributed by atoms with Crippen molar-refractivity contribution in [2.45, 2.75) is 25.0 Å². The van der Waals surface area contributed by atoms with Gasteiger partial charge in [0.2, 0.25) is 0 Å². The molecule has 2 nitrogen and oxygen atoms in total. The molecule has 0 aromatic heterocycles. The highest BCUT2D eigenvalue weighted by Gasteiger charge is 2.60. The summed E-state index contributed by atoms with van der Waals surface area (Å²) in [5.74, 6) is 0.0753. The second-order valence-electron chi connectivity index (χ2n) is 4.84. The number of ether oxygens (including phenoxy) is 1. The molecular formula is C17H16O2. The van der Waals surface area contributed by atoms with Crippen molar-refractivity contribution in [1.29, 1.82) is 0 Å². The van der Waals surface area contributed by atoms with Crippen LogP contribution < -0.4 is 0 Å². The second-order valence-corrected chi connectivity index (χ2v) is 4.84. The van der Waals surface area contributed by atoms with Crippen LogP contribution in [0.2, 0.25) is 0 Å². The fourth-order valence-corrected chi connectivity index (χ4v) is 2.61.